The summed E-state index contributed by atoms with van der Waals surface area (Å²) in [7, 11) is 5.90. The van der Waals surface area contributed by atoms with Crippen molar-refractivity contribution in [3.8, 4) is 0 Å². The van der Waals surface area contributed by atoms with Crippen LogP contribution in [0.3, 0.4) is 0 Å². The van der Waals surface area contributed by atoms with Crippen LogP contribution in [0.15, 0.2) is 109 Å². The van der Waals surface area contributed by atoms with Crippen LogP contribution in [0.25, 0.3) is 0 Å². The van der Waals surface area contributed by atoms with Crippen molar-refractivity contribution in [2.75, 3.05) is 47.5 Å². The first-order chi connectivity index (χ1) is 33.6. The number of allylic oxidation sites excluding steroid dienone is 18. The van der Waals surface area contributed by atoms with Crippen LogP contribution in [0.4, 0.5) is 0 Å². The minimum atomic E-state index is -1.63. The van der Waals surface area contributed by atoms with Gasteiger partial charge in [0.15, 0.2) is 12.4 Å². The lowest BCUT2D eigenvalue weighted by Crippen LogP contribution is -2.44. The first-order valence-electron chi connectivity index (χ1n) is 27.0. The van der Waals surface area contributed by atoms with E-state index in [4.69, 9.17) is 18.9 Å². The van der Waals surface area contributed by atoms with Crippen LogP contribution >= 0.6 is 0 Å². The van der Waals surface area contributed by atoms with Gasteiger partial charge in [-0.2, -0.15) is 0 Å². The third-order valence-electron chi connectivity index (χ3n) is 11.0. The van der Waals surface area contributed by atoms with Gasteiger partial charge < -0.3 is 33.3 Å². The SMILES string of the molecule is CC/C=C\C/C=C\C/C=C\C/C=C\C/C=C\CCCCCCCCCCCC(=O)OC(COC(=O)CCCCCCCC/C=C\C/C=C\C/C=C\C/C=C\CC)COC(OCC[N+](C)(C)C)C(=O)[O-]. The highest BCUT2D eigenvalue weighted by Gasteiger charge is 2.22. The Labute approximate surface area is 422 Å². The fourth-order valence-electron chi connectivity index (χ4n) is 6.91. The first-order valence-corrected chi connectivity index (χ1v) is 27.0. The monoisotopic (exact) mass is 962 g/mol. The van der Waals surface area contributed by atoms with E-state index in [1.54, 1.807) is 0 Å². The Bertz CT molecular complexity index is 1490. The second-order valence-electron chi connectivity index (χ2n) is 18.8. The van der Waals surface area contributed by atoms with Gasteiger partial charge in [0.05, 0.1) is 40.3 Å². The van der Waals surface area contributed by atoms with Crippen LogP contribution in [0.1, 0.15) is 194 Å². The van der Waals surface area contributed by atoms with Gasteiger partial charge in [-0.05, 0) is 96.3 Å². The number of carbonyl (C=O) groups is 3. The molecule has 0 bridgehead atoms. The van der Waals surface area contributed by atoms with Crippen molar-refractivity contribution >= 4 is 17.9 Å². The van der Waals surface area contributed by atoms with Crippen molar-refractivity contribution in [3.63, 3.8) is 0 Å². The molecule has 69 heavy (non-hydrogen) atoms. The van der Waals surface area contributed by atoms with Gasteiger partial charge in [0.1, 0.15) is 13.2 Å². The maximum Gasteiger partial charge on any atom is 0.306 e. The summed E-state index contributed by atoms with van der Waals surface area (Å²) in [6, 6.07) is 0. The average molecular weight is 962 g/mol. The van der Waals surface area contributed by atoms with E-state index in [1.165, 1.54) is 32.1 Å². The lowest BCUT2D eigenvalue weighted by molar-refractivity contribution is -0.870. The van der Waals surface area contributed by atoms with Crippen LogP contribution in [-0.4, -0.2) is 82.3 Å². The van der Waals surface area contributed by atoms with E-state index < -0.39 is 24.3 Å². The van der Waals surface area contributed by atoms with Crippen molar-refractivity contribution in [2.45, 2.75) is 206 Å². The second kappa shape index (κ2) is 50.3. The molecule has 0 rings (SSSR count). The molecule has 2 atom stereocenters. The van der Waals surface area contributed by atoms with Crippen molar-refractivity contribution in [3.05, 3.63) is 109 Å². The minimum Gasteiger partial charge on any atom is -0.545 e. The Balaban J connectivity index is 4.36. The zero-order valence-electron chi connectivity index (χ0n) is 44.4. The number of quaternary nitrogens is 1. The van der Waals surface area contributed by atoms with Gasteiger partial charge in [0, 0.05) is 12.8 Å². The molecule has 0 amide bonds. The van der Waals surface area contributed by atoms with Crippen molar-refractivity contribution in [1.82, 2.24) is 0 Å². The predicted octanol–water partition coefficient (Wildman–Crippen LogP) is 14.2. The van der Waals surface area contributed by atoms with Crippen LogP contribution in [0.2, 0.25) is 0 Å². The summed E-state index contributed by atoms with van der Waals surface area (Å²) >= 11 is 0. The minimum absolute atomic E-state index is 0.138. The van der Waals surface area contributed by atoms with E-state index in [2.05, 4.69) is 123 Å². The molecule has 0 aromatic heterocycles. The van der Waals surface area contributed by atoms with E-state index in [1.807, 2.05) is 21.1 Å². The highest BCUT2D eigenvalue weighted by atomic mass is 16.7. The number of carboxylic acids is 1. The van der Waals surface area contributed by atoms with Crippen LogP contribution < -0.4 is 5.11 Å². The second-order valence-corrected chi connectivity index (χ2v) is 18.8. The van der Waals surface area contributed by atoms with Crippen LogP contribution in [0.5, 0.6) is 0 Å². The first kappa shape index (κ1) is 65.0. The molecule has 0 aliphatic heterocycles. The van der Waals surface area contributed by atoms with Crippen molar-refractivity contribution in [1.29, 1.82) is 0 Å². The van der Waals surface area contributed by atoms with Gasteiger partial charge in [0.25, 0.3) is 0 Å². The molecule has 0 aliphatic carbocycles. The lowest BCUT2D eigenvalue weighted by Gasteiger charge is -2.26. The molecule has 0 aliphatic rings. The molecule has 0 radical (unpaired) electrons. The number of nitrogens with zero attached hydrogens (tertiary/aromatic N) is 1. The summed E-state index contributed by atoms with van der Waals surface area (Å²) in [5.74, 6) is -2.32. The quantitative estimate of drug-likeness (QED) is 0.0195. The predicted molar refractivity (Wildman–Crippen MR) is 287 cm³/mol. The van der Waals surface area contributed by atoms with Gasteiger partial charge in [-0.25, -0.2) is 0 Å². The maximum absolute atomic E-state index is 12.8. The van der Waals surface area contributed by atoms with E-state index in [0.717, 1.165) is 128 Å². The molecule has 0 aromatic carbocycles. The number of esters is 2. The van der Waals surface area contributed by atoms with Crippen LogP contribution in [0, 0.1) is 0 Å². The number of hydrogen-bond donors (Lipinski definition) is 0. The summed E-state index contributed by atoms with van der Waals surface area (Å²) in [4.78, 5) is 37.2. The number of rotatable bonds is 48. The summed E-state index contributed by atoms with van der Waals surface area (Å²) in [6.45, 7) is 4.48. The van der Waals surface area contributed by atoms with Crippen molar-refractivity contribution < 1.29 is 42.9 Å². The van der Waals surface area contributed by atoms with Gasteiger partial charge in [-0.3, -0.25) is 9.59 Å². The van der Waals surface area contributed by atoms with Gasteiger partial charge >= 0.3 is 11.9 Å². The smallest absolute Gasteiger partial charge is 0.306 e. The average Bonchev–Trinajstić information content (AvgIpc) is 3.31. The molecular formula is C60H99NO8. The third-order valence-corrected chi connectivity index (χ3v) is 11.0. The topological polar surface area (TPSA) is 111 Å². The Morgan fingerprint density at radius 3 is 1.16 bits per heavy atom. The number of carboxylic acid groups (broad SMARTS) is 1. The fraction of sp³-hybridized carbons (Fsp3) is 0.650. The number of unbranched alkanes of at least 4 members (excludes halogenated alkanes) is 15. The number of carbonyl (C=O) groups excluding carboxylic acids is 3. The van der Waals surface area contributed by atoms with Crippen LogP contribution in [-0.2, 0) is 33.3 Å². The zero-order valence-corrected chi connectivity index (χ0v) is 44.4. The van der Waals surface area contributed by atoms with E-state index in [0.29, 0.717) is 17.4 Å². The molecule has 0 saturated heterocycles. The number of aliphatic carboxylic acids is 1. The molecule has 0 aromatic rings. The normalized spacial score (nSPS) is 13.7. The molecule has 0 N–H and O–H groups in total. The zero-order chi connectivity index (χ0) is 50.6. The lowest BCUT2D eigenvalue weighted by atomic mass is 10.1. The fourth-order valence-corrected chi connectivity index (χ4v) is 6.91. The Kier molecular flexibility index (Phi) is 47.4. The highest BCUT2D eigenvalue weighted by molar-refractivity contribution is 5.70. The van der Waals surface area contributed by atoms with Gasteiger partial charge in [-0.1, -0.05) is 194 Å². The molecule has 0 spiro atoms. The van der Waals surface area contributed by atoms with Crippen molar-refractivity contribution in [2.24, 2.45) is 0 Å². The summed E-state index contributed by atoms with van der Waals surface area (Å²) in [5, 5.41) is 11.8. The molecule has 392 valence electrons. The molecular weight excluding hydrogens is 863 g/mol. The molecule has 0 fully saturated rings. The van der Waals surface area contributed by atoms with E-state index >= 15 is 0 Å². The number of ether oxygens (including phenoxy) is 4. The van der Waals surface area contributed by atoms with E-state index in [-0.39, 0.29) is 38.6 Å². The molecule has 0 saturated carbocycles. The summed E-state index contributed by atoms with van der Waals surface area (Å²) in [6.07, 6.45) is 65.5. The Morgan fingerprint density at radius 2 is 0.783 bits per heavy atom. The van der Waals surface area contributed by atoms with Gasteiger partial charge in [-0.15, -0.1) is 0 Å². The maximum atomic E-state index is 12.8. The van der Waals surface area contributed by atoms with Gasteiger partial charge in [0.2, 0.25) is 0 Å². The summed E-state index contributed by atoms with van der Waals surface area (Å²) < 4.78 is 22.6. The largest absolute Gasteiger partial charge is 0.545 e. The molecule has 9 heteroatoms. The summed E-state index contributed by atoms with van der Waals surface area (Å²) in [5.41, 5.74) is 0. The Morgan fingerprint density at radius 1 is 0.435 bits per heavy atom. The third kappa shape index (κ3) is 51.6. The molecule has 2 unspecified atom stereocenters. The standard InChI is InChI=1S/C60H99NO8/c1-6-8-10-12-14-16-18-20-22-24-26-27-28-29-30-31-33-35-37-39-41-43-45-47-49-51-58(63)69-56(55-68-60(59(64)65)66-53-52-61(3,4)5)54-67-57(62)50-48-46-44-42-40-38-36-34-32-25-23-21-19-17-15-13-11-9-7-2/h8-11,14-17,20-23,26-27,29-30,32,34,56,60H,6-7,12-13,18-19,24-25,28,31,33,35-55H2,1-5H3/b10-8-,11-9-,16-14-,17-15-,22-20-,23-21-,27-26-,30-29-,34-32-. The number of likely N-dealkylation sites (N-methyl/N-ethyl adjacent to an activating group) is 1. The Hall–Kier alpha value is -4.05. The highest BCUT2D eigenvalue weighted by Crippen LogP contribution is 2.14. The number of hydrogen-bond acceptors (Lipinski definition) is 8. The molecule has 9 nitrogen and oxygen atoms in total. The molecule has 0 heterocycles. The van der Waals surface area contributed by atoms with E-state index in [9.17, 15) is 19.5 Å².